The van der Waals surface area contributed by atoms with Gasteiger partial charge in [0.05, 0.1) is 13.5 Å². The molecular formula is C21H26N2O3. The number of nitrogens with zero attached hydrogens (tertiary/aromatic N) is 1. The van der Waals surface area contributed by atoms with Gasteiger partial charge in [-0.3, -0.25) is 9.59 Å². The normalized spacial score (nSPS) is 11.5. The maximum atomic E-state index is 12.9. The van der Waals surface area contributed by atoms with Crippen molar-refractivity contribution in [2.45, 2.75) is 32.9 Å². The first-order chi connectivity index (χ1) is 12.4. The van der Waals surface area contributed by atoms with Crippen LogP contribution in [-0.4, -0.2) is 36.9 Å². The van der Waals surface area contributed by atoms with Gasteiger partial charge in [0, 0.05) is 13.6 Å². The summed E-state index contributed by atoms with van der Waals surface area (Å²) < 4.78 is 5.17. The SMILES string of the molecule is CNC(=O)C(C)N(Cc1ccc(OC)cc1)C(=O)Cc1ccc(C)cc1. The lowest BCUT2D eigenvalue weighted by Gasteiger charge is -2.28. The van der Waals surface area contributed by atoms with Crippen LogP contribution < -0.4 is 10.1 Å². The zero-order chi connectivity index (χ0) is 19.1. The number of carbonyl (C=O) groups excluding carboxylic acids is 2. The molecule has 0 aliphatic rings. The van der Waals surface area contributed by atoms with E-state index >= 15 is 0 Å². The van der Waals surface area contributed by atoms with Crippen LogP contribution >= 0.6 is 0 Å². The van der Waals surface area contributed by atoms with Gasteiger partial charge < -0.3 is 15.0 Å². The minimum absolute atomic E-state index is 0.0826. The largest absolute Gasteiger partial charge is 0.497 e. The number of amides is 2. The molecule has 0 saturated heterocycles. The van der Waals surface area contributed by atoms with Crippen molar-refractivity contribution < 1.29 is 14.3 Å². The average Bonchev–Trinajstić information content (AvgIpc) is 2.67. The van der Waals surface area contributed by atoms with Gasteiger partial charge in [-0.1, -0.05) is 42.0 Å². The highest BCUT2D eigenvalue weighted by atomic mass is 16.5. The van der Waals surface area contributed by atoms with Crippen LogP contribution in [0.4, 0.5) is 0 Å². The molecule has 138 valence electrons. The quantitative estimate of drug-likeness (QED) is 0.832. The van der Waals surface area contributed by atoms with E-state index in [1.165, 1.54) is 0 Å². The van der Waals surface area contributed by atoms with E-state index in [0.29, 0.717) is 6.54 Å². The molecule has 0 radical (unpaired) electrons. The van der Waals surface area contributed by atoms with Crippen molar-refractivity contribution >= 4 is 11.8 Å². The van der Waals surface area contributed by atoms with Gasteiger partial charge >= 0.3 is 0 Å². The Bertz CT molecular complexity index is 739. The van der Waals surface area contributed by atoms with Crippen LogP contribution in [0.5, 0.6) is 5.75 Å². The molecule has 5 heteroatoms. The van der Waals surface area contributed by atoms with E-state index in [-0.39, 0.29) is 18.2 Å². The fraction of sp³-hybridized carbons (Fsp3) is 0.333. The standard InChI is InChI=1S/C21H26N2O3/c1-15-5-7-17(8-6-15)13-20(24)23(16(2)21(25)22-3)14-18-9-11-19(26-4)12-10-18/h5-12,16H,13-14H2,1-4H3,(H,22,25). The number of benzene rings is 2. The van der Waals surface area contributed by atoms with Crippen molar-refractivity contribution in [3.05, 3.63) is 65.2 Å². The van der Waals surface area contributed by atoms with Crippen LogP contribution in [-0.2, 0) is 22.6 Å². The Morgan fingerprint density at radius 2 is 1.62 bits per heavy atom. The molecule has 2 amide bonds. The van der Waals surface area contributed by atoms with Crippen LogP contribution in [0.2, 0.25) is 0 Å². The average molecular weight is 354 g/mol. The summed E-state index contributed by atoms with van der Waals surface area (Å²) in [5, 5.41) is 2.62. The van der Waals surface area contributed by atoms with Crippen LogP contribution in [0.1, 0.15) is 23.6 Å². The third-order valence-corrected chi connectivity index (χ3v) is 4.40. The summed E-state index contributed by atoms with van der Waals surface area (Å²) in [6.07, 6.45) is 0.262. The van der Waals surface area contributed by atoms with Gasteiger partial charge in [0.1, 0.15) is 11.8 Å². The third-order valence-electron chi connectivity index (χ3n) is 4.40. The lowest BCUT2D eigenvalue weighted by molar-refractivity contribution is -0.139. The summed E-state index contributed by atoms with van der Waals surface area (Å²) in [5.41, 5.74) is 3.03. The Morgan fingerprint density at radius 1 is 1.04 bits per heavy atom. The summed E-state index contributed by atoms with van der Waals surface area (Å²) in [6, 6.07) is 14.8. The zero-order valence-corrected chi connectivity index (χ0v) is 15.8. The minimum atomic E-state index is -0.556. The molecule has 0 aliphatic carbocycles. The summed E-state index contributed by atoms with van der Waals surface area (Å²) in [6.45, 7) is 4.12. The van der Waals surface area contributed by atoms with Crippen molar-refractivity contribution in [3.63, 3.8) is 0 Å². The van der Waals surface area contributed by atoms with Crippen LogP contribution in [0.25, 0.3) is 0 Å². The number of nitrogens with one attached hydrogen (secondary N) is 1. The number of methoxy groups -OCH3 is 1. The summed E-state index contributed by atoms with van der Waals surface area (Å²) in [7, 11) is 3.19. The van der Waals surface area contributed by atoms with Gasteiger partial charge in [-0.2, -0.15) is 0 Å². The first kappa shape index (κ1) is 19.5. The Labute approximate surface area is 155 Å². The molecule has 5 nitrogen and oxygen atoms in total. The maximum Gasteiger partial charge on any atom is 0.242 e. The predicted octanol–water partition coefficient (Wildman–Crippen LogP) is 2.71. The van der Waals surface area contributed by atoms with Crippen LogP contribution in [0, 0.1) is 6.92 Å². The molecule has 2 aromatic rings. The highest BCUT2D eigenvalue weighted by molar-refractivity contribution is 5.88. The van der Waals surface area contributed by atoms with E-state index in [0.717, 1.165) is 22.4 Å². The predicted molar refractivity (Wildman–Crippen MR) is 102 cm³/mol. The number of aryl methyl sites for hydroxylation is 1. The molecule has 0 aliphatic heterocycles. The number of rotatable bonds is 7. The Hall–Kier alpha value is -2.82. The highest BCUT2D eigenvalue weighted by Gasteiger charge is 2.25. The zero-order valence-electron chi connectivity index (χ0n) is 15.8. The Balaban J connectivity index is 2.19. The Kier molecular flexibility index (Phi) is 6.78. The number of hydrogen-bond acceptors (Lipinski definition) is 3. The van der Waals surface area contributed by atoms with E-state index in [9.17, 15) is 9.59 Å². The van der Waals surface area contributed by atoms with Gasteiger partial charge in [0.25, 0.3) is 0 Å². The molecule has 0 aromatic heterocycles. The number of ether oxygens (including phenoxy) is 1. The van der Waals surface area contributed by atoms with E-state index in [1.807, 2.05) is 55.5 Å². The number of likely N-dealkylation sites (N-methyl/N-ethyl adjacent to an activating group) is 1. The monoisotopic (exact) mass is 354 g/mol. The second-order valence-corrected chi connectivity index (χ2v) is 6.32. The molecule has 1 N–H and O–H groups in total. The van der Waals surface area contributed by atoms with Gasteiger partial charge in [-0.15, -0.1) is 0 Å². The molecule has 1 unspecified atom stereocenters. The molecular weight excluding hydrogens is 328 g/mol. The highest BCUT2D eigenvalue weighted by Crippen LogP contribution is 2.16. The van der Waals surface area contributed by atoms with Gasteiger partial charge in [0.2, 0.25) is 11.8 Å². The van der Waals surface area contributed by atoms with E-state index in [2.05, 4.69) is 5.32 Å². The smallest absolute Gasteiger partial charge is 0.242 e. The summed E-state index contributed by atoms with van der Waals surface area (Å²) in [5.74, 6) is 0.488. The molecule has 0 saturated carbocycles. The number of hydrogen-bond donors (Lipinski definition) is 1. The molecule has 0 spiro atoms. The molecule has 2 aromatic carbocycles. The fourth-order valence-corrected chi connectivity index (χ4v) is 2.70. The van der Waals surface area contributed by atoms with Crippen LogP contribution in [0.15, 0.2) is 48.5 Å². The van der Waals surface area contributed by atoms with Crippen molar-refractivity contribution in [3.8, 4) is 5.75 Å². The molecule has 0 fully saturated rings. The molecule has 0 bridgehead atoms. The van der Waals surface area contributed by atoms with E-state index in [1.54, 1.807) is 26.0 Å². The van der Waals surface area contributed by atoms with Crippen molar-refractivity contribution in [1.82, 2.24) is 10.2 Å². The molecule has 1 atom stereocenters. The molecule has 0 heterocycles. The summed E-state index contributed by atoms with van der Waals surface area (Å²) >= 11 is 0. The van der Waals surface area contributed by atoms with Gasteiger partial charge in [-0.05, 0) is 37.1 Å². The minimum Gasteiger partial charge on any atom is -0.497 e. The van der Waals surface area contributed by atoms with Gasteiger partial charge in [-0.25, -0.2) is 0 Å². The van der Waals surface area contributed by atoms with Crippen LogP contribution in [0.3, 0.4) is 0 Å². The fourth-order valence-electron chi connectivity index (χ4n) is 2.70. The summed E-state index contributed by atoms with van der Waals surface area (Å²) in [4.78, 5) is 26.6. The maximum absolute atomic E-state index is 12.9. The molecule has 2 rings (SSSR count). The lowest BCUT2D eigenvalue weighted by atomic mass is 10.1. The van der Waals surface area contributed by atoms with Crippen molar-refractivity contribution in [2.75, 3.05) is 14.2 Å². The first-order valence-corrected chi connectivity index (χ1v) is 8.64. The second kappa shape index (κ2) is 9.04. The van der Waals surface area contributed by atoms with E-state index in [4.69, 9.17) is 4.74 Å². The van der Waals surface area contributed by atoms with E-state index < -0.39 is 6.04 Å². The second-order valence-electron chi connectivity index (χ2n) is 6.32. The van der Waals surface area contributed by atoms with Crippen molar-refractivity contribution in [2.24, 2.45) is 0 Å². The molecule has 26 heavy (non-hydrogen) atoms. The Morgan fingerprint density at radius 3 is 2.15 bits per heavy atom. The number of carbonyl (C=O) groups is 2. The lowest BCUT2D eigenvalue weighted by Crippen LogP contribution is -2.47. The van der Waals surface area contributed by atoms with Crippen molar-refractivity contribution in [1.29, 1.82) is 0 Å². The third kappa shape index (κ3) is 5.09. The topological polar surface area (TPSA) is 58.6 Å². The first-order valence-electron chi connectivity index (χ1n) is 8.64. The van der Waals surface area contributed by atoms with Gasteiger partial charge in [0.15, 0.2) is 0 Å².